The Hall–Kier alpha value is -3.40. The van der Waals surface area contributed by atoms with Crippen molar-refractivity contribution in [1.82, 2.24) is 0 Å². The lowest BCUT2D eigenvalue weighted by molar-refractivity contribution is -0.112. The fraction of sp³-hybridized carbons (Fsp3) is 0.0714. The van der Waals surface area contributed by atoms with Crippen molar-refractivity contribution in [2.75, 3.05) is 5.32 Å². The molecule has 0 saturated carbocycles. The van der Waals surface area contributed by atoms with E-state index in [1.165, 1.54) is 0 Å². The average molecular weight is 576 g/mol. The molecule has 0 heterocycles. The zero-order valence-corrected chi connectivity index (χ0v) is 21.5. The Balaban J connectivity index is 1.72. The number of carbonyl (C=O) groups excluding carboxylic acids is 1. The molecule has 0 fully saturated rings. The lowest BCUT2D eigenvalue weighted by atomic mass is 10.0. The van der Waals surface area contributed by atoms with E-state index in [0.717, 1.165) is 30.8 Å². The number of halogens is 2. The van der Waals surface area contributed by atoms with Gasteiger partial charge in [0, 0.05) is 14.5 Å². The molecule has 0 radical (unpaired) electrons. The molecule has 0 saturated heterocycles. The third-order valence-corrected chi connectivity index (χ3v) is 6.50. The number of ether oxygens (including phenoxy) is 1. The largest absolute Gasteiger partial charge is 0.488 e. The van der Waals surface area contributed by atoms with E-state index in [1.807, 2.05) is 91.9 Å². The van der Waals surface area contributed by atoms with Gasteiger partial charge in [0.05, 0.1) is 5.69 Å². The number of hydrogen-bond acceptors (Lipinski definition) is 3. The zero-order valence-electron chi connectivity index (χ0n) is 18.3. The van der Waals surface area contributed by atoms with Crippen LogP contribution in [0.15, 0.2) is 93.4 Å². The first kappa shape index (κ1) is 23.7. The molecule has 168 valence electrons. The van der Waals surface area contributed by atoms with Crippen LogP contribution in [-0.2, 0) is 11.4 Å². The number of carbonyl (C=O) groups is 1. The minimum Gasteiger partial charge on any atom is -0.488 e. The van der Waals surface area contributed by atoms with Crippen LogP contribution < -0.4 is 10.1 Å². The average Bonchev–Trinajstić information content (AvgIpc) is 2.84. The van der Waals surface area contributed by atoms with Gasteiger partial charge in [0.2, 0.25) is 0 Å². The van der Waals surface area contributed by atoms with E-state index in [4.69, 9.17) is 4.74 Å². The molecule has 0 unspecified atom stereocenters. The maximum absolute atomic E-state index is 13.1. The molecule has 0 aliphatic rings. The quantitative estimate of drug-likeness (QED) is 0.188. The molecule has 4 nitrogen and oxygen atoms in total. The number of nitrogens with one attached hydrogen (secondary N) is 1. The lowest BCUT2D eigenvalue weighted by Crippen LogP contribution is -2.14. The summed E-state index contributed by atoms with van der Waals surface area (Å²) in [5.74, 6) is 0.0931. The second-order valence-corrected chi connectivity index (χ2v) is 9.41. The smallest absolute Gasteiger partial charge is 0.266 e. The number of nitriles is 1. The van der Waals surface area contributed by atoms with Crippen LogP contribution in [0.25, 0.3) is 16.8 Å². The van der Waals surface area contributed by atoms with Crippen LogP contribution in [0.1, 0.15) is 16.7 Å². The molecule has 6 heteroatoms. The minimum absolute atomic E-state index is 0.0275. The second-order valence-electron chi connectivity index (χ2n) is 7.70. The lowest BCUT2D eigenvalue weighted by Gasteiger charge is -2.13. The first-order valence-corrected chi connectivity index (χ1v) is 12.1. The predicted octanol–water partition coefficient (Wildman–Crippen LogP) is 7.80. The van der Waals surface area contributed by atoms with Gasteiger partial charge in [-0.25, -0.2) is 0 Å². The summed E-state index contributed by atoms with van der Waals surface area (Å²) in [5.41, 5.74) is 3.28. The van der Waals surface area contributed by atoms with Crippen molar-refractivity contribution >= 4 is 60.3 Å². The Bertz CT molecular complexity index is 1420. The summed E-state index contributed by atoms with van der Waals surface area (Å²) in [6, 6.07) is 27.4. The second kappa shape index (κ2) is 10.7. The number of fused-ring (bicyclic) bond motifs is 1. The molecule has 0 atom stereocenters. The van der Waals surface area contributed by atoms with Crippen molar-refractivity contribution in [3.8, 4) is 11.8 Å². The topological polar surface area (TPSA) is 62.1 Å². The highest BCUT2D eigenvalue weighted by Gasteiger charge is 2.16. The highest BCUT2D eigenvalue weighted by Crippen LogP contribution is 2.34. The van der Waals surface area contributed by atoms with Crippen LogP contribution in [0.5, 0.6) is 5.75 Å². The van der Waals surface area contributed by atoms with Crippen molar-refractivity contribution in [3.63, 3.8) is 0 Å². The highest BCUT2D eigenvalue weighted by atomic mass is 79.9. The molecule has 4 rings (SSSR count). The first-order valence-electron chi connectivity index (χ1n) is 10.5. The molecule has 0 aliphatic carbocycles. The number of nitrogens with zero attached hydrogens (tertiary/aromatic N) is 1. The third kappa shape index (κ3) is 5.39. The molecular formula is C28H20Br2N2O2. The summed E-state index contributed by atoms with van der Waals surface area (Å²) in [4.78, 5) is 13.1. The van der Waals surface area contributed by atoms with Gasteiger partial charge in [-0.05, 0) is 85.0 Å². The van der Waals surface area contributed by atoms with Crippen LogP contribution in [0.4, 0.5) is 5.69 Å². The van der Waals surface area contributed by atoms with Crippen LogP contribution in [0.2, 0.25) is 0 Å². The van der Waals surface area contributed by atoms with Crippen molar-refractivity contribution in [2.45, 2.75) is 13.5 Å². The van der Waals surface area contributed by atoms with E-state index in [2.05, 4.69) is 37.2 Å². The number of benzene rings is 4. The minimum atomic E-state index is -0.505. The molecule has 4 aromatic carbocycles. The summed E-state index contributed by atoms with van der Waals surface area (Å²) in [6.45, 7) is 2.33. The first-order chi connectivity index (χ1) is 16.5. The fourth-order valence-corrected chi connectivity index (χ4v) is 5.19. The number of hydrogen-bond donors (Lipinski definition) is 1. The number of aryl methyl sites for hydroxylation is 1. The van der Waals surface area contributed by atoms with Gasteiger partial charge in [-0.3, -0.25) is 4.79 Å². The van der Waals surface area contributed by atoms with Gasteiger partial charge in [0.15, 0.2) is 0 Å². The van der Waals surface area contributed by atoms with Crippen LogP contribution >= 0.6 is 31.9 Å². The molecule has 0 aromatic heterocycles. The van der Waals surface area contributed by atoms with E-state index in [0.29, 0.717) is 23.6 Å². The van der Waals surface area contributed by atoms with Crippen LogP contribution in [-0.4, -0.2) is 5.91 Å². The van der Waals surface area contributed by atoms with E-state index in [9.17, 15) is 10.1 Å². The Kier molecular flexibility index (Phi) is 7.46. The van der Waals surface area contributed by atoms with E-state index in [-0.39, 0.29) is 5.57 Å². The predicted molar refractivity (Wildman–Crippen MR) is 144 cm³/mol. The summed E-state index contributed by atoms with van der Waals surface area (Å²) < 4.78 is 7.57. The molecule has 0 bridgehead atoms. The Morgan fingerprint density at radius 3 is 2.38 bits per heavy atom. The van der Waals surface area contributed by atoms with Crippen molar-refractivity contribution in [3.05, 3.63) is 110 Å². The summed E-state index contributed by atoms with van der Waals surface area (Å²) in [7, 11) is 0. The Morgan fingerprint density at radius 2 is 1.68 bits per heavy atom. The molecular weight excluding hydrogens is 556 g/mol. The molecule has 1 N–H and O–H groups in total. The van der Waals surface area contributed by atoms with Gasteiger partial charge in [0.25, 0.3) is 5.91 Å². The van der Waals surface area contributed by atoms with Gasteiger partial charge in [0.1, 0.15) is 24.0 Å². The van der Waals surface area contributed by atoms with Crippen LogP contribution in [0.3, 0.4) is 0 Å². The molecule has 1 amide bonds. The van der Waals surface area contributed by atoms with E-state index in [1.54, 1.807) is 6.08 Å². The molecule has 0 spiro atoms. The number of rotatable bonds is 6. The number of amides is 1. The highest BCUT2D eigenvalue weighted by molar-refractivity contribution is 9.11. The fourth-order valence-electron chi connectivity index (χ4n) is 3.58. The van der Waals surface area contributed by atoms with E-state index < -0.39 is 5.91 Å². The van der Waals surface area contributed by atoms with E-state index >= 15 is 0 Å². The van der Waals surface area contributed by atoms with Crippen molar-refractivity contribution < 1.29 is 9.53 Å². The Morgan fingerprint density at radius 1 is 1.00 bits per heavy atom. The third-order valence-electron chi connectivity index (χ3n) is 5.25. The van der Waals surface area contributed by atoms with Gasteiger partial charge < -0.3 is 10.1 Å². The summed E-state index contributed by atoms with van der Waals surface area (Å²) in [5, 5.41) is 14.6. The Labute approximate surface area is 215 Å². The zero-order chi connectivity index (χ0) is 24.1. The number of anilines is 1. The molecule has 0 aliphatic heterocycles. The van der Waals surface area contributed by atoms with Crippen molar-refractivity contribution in [1.29, 1.82) is 5.26 Å². The summed E-state index contributed by atoms with van der Waals surface area (Å²) in [6.07, 6.45) is 1.59. The maximum Gasteiger partial charge on any atom is 0.266 e. The van der Waals surface area contributed by atoms with Gasteiger partial charge in [-0.15, -0.1) is 0 Å². The normalized spacial score (nSPS) is 11.2. The maximum atomic E-state index is 13.1. The molecule has 4 aromatic rings. The molecule has 34 heavy (non-hydrogen) atoms. The summed E-state index contributed by atoms with van der Waals surface area (Å²) >= 11 is 6.97. The SMILES string of the molecule is Cc1cc(Br)c(NC(=O)/C(C#N)=C/c2c(OCc3ccccc3)ccc3ccccc23)c(Br)c1. The monoisotopic (exact) mass is 574 g/mol. The van der Waals surface area contributed by atoms with Crippen LogP contribution in [0, 0.1) is 18.3 Å². The standard InChI is InChI=1S/C28H20Br2N2O2/c1-18-13-24(29)27(25(30)14-18)32-28(33)21(16-31)15-23-22-10-6-5-9-20(22)11-12-26(23)34-17-19-7-3-2-4-8-19/h2-15H,17H2,1H3,(H,32,33)/b21-15+. The van der Waals surface area contributed by atoms with Gasteiger partial charge in [-0.2, -0.15) is 5.26 Å². The van der Waals surface area contributed by atoms with Gasteiger partial charge >= 0.3 is 0 Å². The van der Waals surface area contributed by atoms with Crippen molar-refractivity contribution in [2.24, 2.45) is 0 Å². The van der Waals surface area contributed by atoms with Gasteiger partial charge in [-0.1, -0.05) is 60.7 Å².